The summed E-state index contributed by atoms with van der Waals surface area (Å²) in [5, 5.41) is 0. The second kappa shape index (κ2) is 4.03. The van der Waals surface area contributed by atoms with Crippen molar-refractivity contribution in [3.63, 3.8) is 0 Å². The first kappa shape index (κ1) is 10.4. The Morgan fingerprint density at radius 3 is 2.69 bits per heavy atom. The molecule has 2 N–H and O–H groups in total. The average molecular weight is 300 g/mol. The molecule has 0 fully saturated rings. The lowest BCUT2D eigenvalue weighted by molar-refractivity contribution is 0.144. The molecular formula is C7H7F2IN2O. The molecule has 0 bridgehead atoms. The van der Waals surface area contributed by atoms with E-state index < -0.39 is 6.43 Å². The molecule has 0 aliphatic rings. The van der Waals surface area contributed by atoms with Crippen molar-refractivity contribution in [2.45, 2.75) is 6.43 Å². The first-order valence-corrected chi connectivity index (χ1v) is 4.42. The van der Waals surface area contributed by atoms with E-state index in [-0.39, 0.29) is 11.5 Å². The Balaban J connectivity index is 3.27. The molecule has 72 valence electrons. The van der Waals surface area contributed by atoms with Crippen molar-refractivity contribution in [1.29, 1.82) is 0 Å². The summed E-state index contributed by atoms with van der Waals surface area (Å²) in [5.74, 6) is 0.357. The molecule has 1 aromatic heterocycles. The Kier molecular flexibility index (Phi) is 3.23. The van der Waals surface area contributed by atoms with Crippen LogP contribution in [0.3, 0.4) is 0 Å². The van der Waals surface area contributed by atoms with Gasteiger partial charge < -0.3 is 10.5 Å². The van der Waals surface area contributed by atoms with Crippen molar-refractivity contribution < 1.29 is 13.5 Å². The predicted molar refractivity (Wildman–Crippen MR) is 52.9 cm³/mol. The van der Waals surface area contributed by atoms with Crippen LogP contribution in [0.5, 0.6) is 5.75 Å². The van der Waals surface area contributed by atoms with Gasteiger partial charge >= 0.3 is 0 Å². The maximum atomic E-state index is 12.3. The Bertz CT molecular complexity index is 320. The first-order valence-electron chi connectivity index (χ1n) is 3.34. The Hall–Kier alpha value is -0.660. The summed E-state index contributed by atoms with van der Waals surface area (Å²) in [5.41, 5.74) is 4.98. The molecule has 0 aliphatic carbocycles. The van der Waals surface area contributed by atoms with Gasteiger partial charge in [0.15, 0.2) is 0 Å². The minimum Gasteiger partial charge on any atom is -0.495 e. The quantitative estimate of drug-likeness (QED) is 0.852. The van der Waals surface area contributed by atoms with Gasteiger partial charge in [0.25, 0.3) is 6.43 Å². The van der Waals surface area contributed by atoms with Crippen molar-refractivity contribution in [2.24, 2.45) is 0 Å². The van der Waals surface area contributed by atoms with Gasteiger partial charge in [-0.1, -0.05) is 0 Å². The minimum atomic E-state index is -2.63. The molecule has 0 aromatic carbocycles. The third-order valence-electron chi connectivity index (χ3n) is 1.40. The van der Waals surface area contributed by atoms with Crippen LogP contribution < -0.4 is 10.5 Å². The number of rotatable bonds is 2. The summed E-state index contributed by atoms with van der Waals surface area (Å²) < 4.78 is 29.8. The van der Waals surface area contributed by atoms with Gasteiger partial charge in [0, 0.05) is 6.07 Å². The van der Waals surface area contributed by atoms with Gasteiger partial charge in [-0.05, 0) is 22.6 Å². The van der Waals surface area contributed by atoms with E-state index in [1.165, 1.54) is 13.2 Å². The summed E-state index contributed by atoms with van der Waals surface area (Å²) >= 11 is 1.75. The molecule has 1 rings (SSSR count). The maximum absolute atomic E-state index is 12.3. The molecule has 0 spiro atoms. The second-order valence-corrected chi connectivity index (χ2v) is 3.33. The zero-order chi connectivity index (χ0) is 10.0. The first-order chi connectivity index (χ1) is 6.06. The van der Waals surface area contributed by atoms with E-state index in [4.69, 9.17) is 10.5 Å². The molecule has 1 heterocycles. The predicted octanol–water partition coefficient (Wildman–Crippen LogP) is 2.21. The van der Waals surface area contributed by atoms with Crippen LogP contribution in [-0.4, -0.2) is 12.1 Å². The molecule has 6 heteroatoms. The van der Waals surface area contributed by atoms with Crippen molar-refractivity contribution >= 4 is 28.4 Å². The molecule has 1 aromatic rings. The number of methoxy groups -OCH3 is 1. The van der Waals surface area contributed by atoms with Gasteiger partial charge in [-0.2, -0.15) is 0 Å². The molecule has 3 nitrogen and oxygen atoms in total. The van der Waals surface area contributed by atoms with Crippen LogP contribution >= 0.6 is 22.6 Å². The number of pyridine rings is 1. The number of nitrogens with two attached hydrogens (primary N) is 1. The van der Waals surface area contributed by atoms with E-state index in [1.54, 1.807) is 22.6 Å². The second-order valence-electron chi connectivity index (χ2n) is 2.25. The summed E-state index contributed by atoms with van der Waals surface area (Å²) in [6.07, 6.45) is -2.63. The van der Waals surface area contributed by atoms with E-state index in [1.807, 2.05) is 0 Å². The highest BCUT2D eigenvalue weighted by Crippen LogP contribution is 2.30. The van der Waals surface area contributed by atoms with Gasteiger partial charge in [0.05, 0.1) is 10.7 Å². The van der Waals surface area contributed by atoms with E-state index >= 15 is 0 Å². The number of halogens is 3. The molecule has 0 radical (unpaired) electrons. The van der Waals surface area contributed by atoms with Crippen LogP contribution in [0.4, 0.5) is 14.6 Å². The summed E-state index contributed by atoms with van der Waals surface area (Å²) in [6.45, 7) is 0. The van der Waals surface area contributed by atoms with Gasteiger partial charge in [0.2, 0.25) is 0 Å². The fourth-order valence-corrected chi connectivity index (χ4v) is 1.57. The molecule has 0 atom stereocenters. The molecule has 0 saturated carbocycles. The highest BCUT2D eigenvalue weighted by atomic mass is 127. The Labute approximate surface area is 87.4 Å². The van der Waals surface area contributed by atoms with E-state index in [0.717, 1.165) is 0 Å². The summed E-state index contributed by atoms with van der Waals surface area (Å²) in [4.78, 5) is 3.52. The number of hydrogen-bond acceptors (Lipinski definition) is 3. The number of ether oxygens (including phenoxy) is 1. The number of nitrogens with zero attached hydrogens (tertiary/aromatic N) is 1. The average Bonchev–Trinajstić information content (AvgIpc) is 2.08. The number of aromatic nitrogens is 1. The molecule has 0 saturated heterocycles. The lowest BCUT2D eigenvalue weighted by atomic mass is 10.3. The fraction of sp³-hybridized carbons (Fsp3) is 0.286. The topological polar surface area (TPSA) is 48.1 Å². The third-order valence-corrected chi connectivity index (χ3v) is 2.48. The molecule has 0 amide bonds. The molecule has 13 heavy (non-hydrogen) atoms. The smallest absolute Gasteiger partial charge is 0.281 e. The lowest BCUT2D eigenvalue weighted by Crippen LogP contribution is -2.02. The highest BCUT2D eigenvalue weighted by Gasteiger charge is 2.17. The largest absolute Gasteiger partial charge is 0.495 e. The normalized spacial score (nSPS) is 10.5. The molecule has 0 unspecified atom stereocenters. The van der Waals surface area contributed by atoms with Crippen LogP contribution in [0, 0.1) is 3.57 Å². The zero-order valence-electron chi connectivity index (χ0n) is 6.72. The van der Waals surface area contributed by atoms with E-state index in [2.05, 4.69) is 4.98 Å². The van der Waals surface area contributed by atoms with Crippen molar-refractivity contribution in [3.8, 4) is 5.75 Å². The number of hydrogen-bond donors (Lipinski definition) is 1. The van der Waals surface area contributed by atoms with Crippen molar-refractivity contribution in [2.75, 3.05) is 12.8 Å². The van der Waals surface area contributed by atoms with Crippen molar-refractivity contribution in [3.05, 3.63) is 15.3 Å². The standard InChI is InChI=1S/C7H7F2IN2O/c1-13-3-2-4(11)12-6(5(3)10)7(8)9/h2,7H,1H3,(H2,11,12). The third kappa shape index (κ3) is 2.17. The van der Waals surface area contributed by atoms with Crippen LogP contribution in [0.25, 0.3) is 0 Å². The lowest BCUT2D eigenvalue weighted by Gasteiger charge is -2.08. The van der Waals surface area contributed by atoms with E-state index in [0.29, 0.717) is 9.32 Å². The van der Waals surface area contributed by atoms with Crippen molar-refractivity contribution in [1.82, 2.24) is 4.98 Å². The highest BCUT2D eigenvalue weighted by molar-refractivity contribution is 14.1. The number of nitrogen functional groups attached to an aromatic ring is 1. The van der Waals surface area contributed by atoms with Gasteiger partial charge in [-0.25, -0.2) is 13.8 Å². The summed E-state index contributed by atoms with van der Waals surface area (Å²) in [7, 11) is 1.40. The Morgan fingerprint density at radius 1 is 1.62 bits per heavy atom. The fourth-order valence-electron chi connectivity index (χ4n) is 0.837. The number of alkyl halides is 2. The molecule has 0 aliphatic heterocycles. The van der Waals surface area contributed by atoms with Crippen LogP contribution in [0.15, 0.2) is 6.07 Å². The Morgan fingerprint density at radius 2 is 2.23 bits per heavy atom. The maximum Gasteiger partial charge on any atom is 0.281 e. The molecular weight excluding hydrogens is 293 g/mol. The SMILES string of the molecule is COc1cc(N)nc(C(F)F)c1I. The van der Waals surface area contributed by atoms with Crippen LogP contribution in [0.2, 0.25) is 0 Å². The zero-order valence-corrected chi connectivity index (χ0v) is 8.88. The van der Waals surface area contributed by atoms with Gasteiger partial charge in [-0.15, -0.1) is 0 Å². The summed E-state index contributed by atoms with van der Waals surface area (Å²) in [6, 6.07) is 1.41. The monoisotopic (exact) mass is 300 g/mol. The van der Waals surface area contributed by atoms with Crippen LogP contribution in [0.1, 0.15) is 12.1 Å². The van der Waals surface area contributed by atoms with E-state index in [9.17, 15) is 8.78 Å². The van der Waals surface area contributed by atoms with Gasteiger partial charge in [-0.3, -0.25) is 0 Å². The van der Waals surface area contributed by atoms with Crippen LogP contribution in [-0.2, 0) is 0 Å². The van der Waals surface area contributed by atoms with Gasteiger partial charge in [0.1, 0.15) is 17.3 Å². The minimum absolute atomic E-state index is 0.0348. The number of anilines is 1.